The van der Waals surface area contributed by atoms with Gasteiger partial charge in [0.25, 0.3) is 0 Å². The maximum atomic E-state index is 12.9. The molecular formula is C52H84O22. The van der Waals surface area contributed by atoms with Crippen LogP contribution >= 0.6 is 0 Å². The van der Waals surface area contributed by atoms with Gasteiger partial charge in [-0.15, -0.1) is 0 Å². The molecule has 7 fully saturated rings. The van der Waals surface area contributed by atoms with E-state index in [4.69, 9.17) is 42.6 Å². The standard InChI is InChI=1S/C52H84O22/c1-8-26(55)28-15-22(2)52(74-28)19-48(4)13-11-24-25(51(48,7)20-52)9-10-31-49(24,5)14-12-32(50(31,6)21-54)71-45-41(65)38(62)36(60)30(70-45)18-67-46-42(34(58)27(56)17-66-46)73-47-43(39(63)35(59)29(16-53)69-47)72-44-40(64)37(61)33(57)23(3)68-44/h22-23,27-47,53-54,56-65H,8-21H2,1-7H3. The number of aliphatic hydroxyl groups is 12. The Hall–Kier alpha value is -1.43. The minimum Gasteiger partial charge on any atom is -0.396 e. The van der Waals surface area contributed by atoms with Gasteiger partial charge in [0.1, 0.15) is 91.6 Å². The van der Waals surface area contributed by atoms with Crippen LogP contribution in [0.3, 0.4) is 0 Å². The van der Waals surface area contributed by atoms with Gasteiger partial charge in [0.15, 0.2) is 30.9 Å². The Bertz CT molecular complexity index is 2030. The Morgan fingerprint density at radius 3 is 1.97 bits per heavy atom. The lowest BCUT2D eigenvalue weighted by molar-refractivity contribution is -0.390. The van der Waals surface area contributed by atoms with Crippen molar-refractivity contribution in [2.24, 2.45) is 33.5 Å². The lowest BCUT2D eigenvalue weighted by Crippen LogP contribution is -2.66. The zero-order valence-corrected chi connectivity index (χ0v) is 43.6. The maximum Gasteiger partial charge on any atom is 0.187 e. The van der Waals surface area contributed by atoms with Crippen LogP contribution in [0.15, 0.2) is 11.1 Å². The third-order valence-electron chi connectivity index (χ3n) is 20.2. The molecule has 1 spiro atoms. The molecule has 0 amide bonds. The van der Waals surface area contributed by atoms with Crippen LogP contribution in [-0.4, -0.2) is 228 Å². The first-order valence-electron chi connectivity index (χ1n) is 26.9. The zero-order valence-electron chi connectivity index (χ0n) is 43.6. The fourth-order valence-electron chi connectivity index (χ4n) is 15.3. The number of hydrogen-bond acceptors (Lipinski definition) is 22. The highest BCUT2D eigenvalue weighted by Gasteiger charge is 2.69. The molecule has 424 valence electrons. The number of aliphatic hydroxyl groups excluding tert-OH is 12. The molecule has 5 aliphatic heterocycles. The molecule has 0 bridgehead atoms. The molecule has 0 aromatic heterocycles. The van der Waals surface area contributed by atoms with E-state index in [-0.39, 0.29) is 52.2 Å². The van der Waals surface area contributed by atoms with Gasteiger partial charge in [0, 0.05) is 11.8 Å². The molecule has 5 saturated heterocycles. The Balaban J connectivity index is 0.891. The van der Waals surface area contributed by atoms with E-state index in [1.807, 2.05) is 13.8 Å². The third-order valence-corrected chi connectivity index (χ3v) is 20.2. The van der Waals surface area contributed by atoms with Crippen molar-refractivity contribution in [2.45, 2.75) is 247 Å². The number of ether oxygens (including phenoxy) is 9. The normalized spacial score (nSPS) is 54.7. The molecule has 22 heteroatoms. The van der Waals surface area contributed by atoms with Gasteiger partial charge in [0.05, 0.1) is 44.2 Å². The molecule has 0 aromatic rings. The lowest BCUT2D eigenvalue weighted by Gasteiger charge is -2.62. The van der Waals surface area contributed by atoms with Crippen molar-refractivity contribution in [3.05, 3.63) is 11.1 Å². The summed E-state index contributed by atoms with van der Waals surface area (Å²) in [6.07, 6.45) is -24.8. The highest BCUT2D eigenvalue weighted by Crippen LogP contribution is 2.74. The van der Waals surface area contributed by atoms with Gasteiger partial charge >= 0.3 is 0 Å². The Labute approximate surface area is 431 Å². The maximum absolute atomic E-state index is 12.9. The van der Waals surface area contributed by atoms with Crippen LogP contribution in [0.2, 0.25) is 0 Å². The van der Waals surface area contributed by atoms with E-state index in [0.29, 0.717) is 19.3 Å². The summed E-state index contributed by atoms with van der Waals surface area (Å²) < 4.78 is 54.6. The first-order chi connectivity index (χ1) is 34.8. The van der Waals surface area contributed by atoms with E-state index in [0.717, 1.165) is 44.9 Å². The van der Waals surface area contributed by atoms with Crippen molar-refractivity contribution in [2.75, 3.05) is 26.4 Å². The van der Waals surface area contributed by atoms with Crippen LogP contribution in [0.5, 0.6) is 0 Å². The third kappa shape index (κ3) is 9.40. The number of allylic oxidation sites excluding steroid dienone is 2. The number of rotatable bonds is 13. The van der Waals surface area contributed by atoms with Crippen LogP contribution < -0.4 is 0 Å². The number of hydrogen-bond donors (Lipinski definition) is 12. The zero-order chi connectivity index (χ0) is 53.8. The van der Waals surface area contributed by atoms with Gasteiger partial charge in [-0.2, -0.15) is 0 Å². The summed E-state index contributed by atoms with van der Waals surface area (Å²) in [6.45, 7) is 12.5. The number of carbonyl (C=O) groups is 1. The molecule has 9 aliphatic rings. The van der Waals surface area contributed by atoms with E-state index in [1.54, 1.807) is 0 Å². The van der Waals surface area contributed by atoms with Crippen LogP contribution in [0.4, 0.5) is 0 Å². The fraction of sp³-hybridized carbons (Fsp3) is 0.942. The van der Waals surface area contributed by atoms with Gasteiger partial charge in [-0.25, -0.2) is 0 Å². The van der Waals surface area contributed by atoms with E-state index in [9.17, 15) is 66.1 Å². The Morgan fingerprint density at radius 1 is 0.662 bits per heavy atom. The molecule has 12 N–H and O–H groups in total. The van der Waals surface area contributed by atoms with Crippen molar-refractivity contribution in [1.82, 2.24) is 0 Å². The van der Waals surface area contributed by atoms with E-state index in [2.05, 4.69) is 27.7 Å². The molecule has 28 unspecified atom stereocenters. The number of ketones is 1. The van der Waals surface area contributed by atoms with Crippen LogP contribution in [0.25, 0.3) is 0 Å². The second-order valence-electron chi connectivity index (χ2n) is 24.4. The quantitative estimate of drug-likeness (QED) is 0.0940. The van der Waals surface area contributed by atoms with Crippen molar-refractivity contribution in [3.8, 4) is 0 Å². The minimum absolute atomic E-state index is 0.0149. The highest BCUT2D eigenvalue weighted by molar-refractivity contribution is 5.83. The molecule has 5 heterocycles. The number of Topliss-reactive ketones (excluding diaryl/α,β-unsaturated/α-hetero) is 1. The van der Waals surface area contributed by atoms with Crippen molar-refractivity contribution in [3.63, 3.8) is 0 Å². The molecule has 22 nitrogen and oxygen atoms in total. The molecule has 28 atom stereocenters. The van der Waals surface area contributed by atoms with Crippen molar-refractivity contribution in [1.29, 1.82) is 0 Å². The summed E-state index contributed by atoms with van der Waals surface area (Å²) in [5.41, 5.74) is 1.28. The molecule has 74 heavy (non-hydrogen) atoms. The van der Waals surface area contributed by atoms with Crippen molar-refractivity contribution >= 4 is 5.78 Å². The predicted octanol–water partition coefficient (Wildman–Crippen LogP) is -1.44. The Morgan fingerprint density at radius 2 is 1.30 bits per heavy atom. The summed E-state index contributed by atoms with van der Waals surface area (Å²) in [5, 5.41) is 131. The van der Waals surface area contributed by atoms with Crippen LogP contribution in [0, 0.1) is 33.5 Å². The average Bonchev–Trinajstić information content (AvgIpc) is 3.82. The molecular weight excluding hydrogens is 977 g/mol. The highest BCUT2D eigenvalue weighted by atomic mass is 16.8. The smallest absolute Gasteiger partial charge is 0.187 e. The van der Waals surface area contributed by atoms with E-state index in [1.165, 1.54) is 18.1 Å². The summed E-state index contributed by atoms with van der Waals surface area (Å²) in [7, 11) is 0. The summed E-state index contributed by atoms with van der Waals surface area (Å²) in [5.74, 6) is 0.381. The number of fused-ring (bicyclic) bond motifs is 4. The summed E-state index contributed by atoms with van der Waals surface area (Å²) in [6, 6.07) is 0. The van der Waals surface area contributed by atoms with Crippen LogP contribution in [-0.2, 0) is 47.4 Å². The van der Waals surface area contributed by atoms with Gasteiger partial charge in [0.2, 0.25) is 0 Å². The van der Waals surface area contributed by atoms with E-state index >= 15 is 0 Å². The van der Waals surface area contributed by atoms with Gasteiger partial charge in [-0.05, 0) is 92.8 Å². The number of carbonyl (C=O) groups excluding carboxylic acids is 1. The monoisotopic (exact) mass is 1060 g/mol. The van der Waals surface area contributed by atoms with Crippen LogP contribution in [0.1, 0.15) is 113 Å². The molecule has 9 rings (SSSR count). The summed E-state index contributed by atoms with van der Waals surface area (Å²) >= 11 is 0. The van der Waals surface area contributed by atoms with Crippen molar-refractivity contribution < 1.29 is 109 Å². The van der Waals surface area contributed by atoms with E-state index < -0.39 is 148 Å². The second-order valence-corrected chi connectivity index (χ2v) is 24.4. The SMILES string of the molecule is CCC(=O)C1CC(C)C2(CC3(C)CCC4=C(CCC5C4(C)CCC(OC4OC(COC6OCC(O)C(O)C6OC6OC(CO)C(O)C(O)C6OC6OC(C)C(O)C(O)C6O)C(O)C(O)C4O)C5(C)CO)C3(C)C2)O1. The predicted molar refractivity (Wildman–Crippen MR) is 253 cm³/mol. The average molecular weight is 1060 g/mol. The minimum atomic E-state index is -1.91. The Kier molecular flexibility index (Phi) is 16.4. The largest absolute Gasteiger partial charge is 0.396 e. The molecule has 0 radical (unpaired) electrons. The lowest BCUT2D eigenvalue weighted by atomic mass is 9.44. The van der Waals surface area contributed by atoms with Gasteiger partial charge in [-0.1, -0.05) is 52.7 Å². The molecule has 0 aromatic carbocycles. The van der Waals surface area contributed by atoms with Gasteiger partial charge in [-0.3, -0.25) is 4.79 Å². The fourth-order valence-corrected chi connectivity index (χ4v) is 15.3. The second kappa shape index (κ2) is 21.2. The summed E-state index contributed by atoms with van der Waals surface area (Å²) in [4.78, 5) is 12.9. The topological polar surface area (TPSA) is 343 Å². The van der Waals surface area contributed by atoms with Gasteiger partial charge < -0.3 is 104 Å². The first kappa shape index (κ1) is 57.3. The molecule has 4 aliphatic carbocycles. The first-order valence-corrected chi connectivity index (χ1v) is 26.9. The molecule has 2 saturated carbocycles.